The largest absolute Gasteiger partial charge is 0.287 e. The lowest BCUT2D eigenvalue weighted by Crippen LogP contribution is -2.43. The summed E-state index contributed by atoms with van der Waals surface area (Å²) in [6.45, 7) is 2.82. The van der Waals surface area contributed by atoms with Crippen molar-refractivity contribution in [1.82, 2.24) is 9.55 Å². The third-order valence-electron chi connectivity index (χ3n) is 7.04. The van der Waals surface area contributed by atoms with Crippen molar-refractivity contribution in [2.45, 2.75) is 74.7 Å². The van der Waals surface area contributed by atoms with E-state index in [-0.39, 0.29) is 11.0 Å². The molecule has 0 bridgehead atoms. The molecule has 2 aromatic carbocycles. The Balaban J connectivity index is 1.66. The highest BCUT2D eigenvalue weighted by Gasteiger charge is 2.43. The van der Waals surface area contributed by atoms with Gasteiger partial charge in [-0.3, -0.25) is 9.36 Å². The molecule has 0 saturated heterocycles. The van der Waals surface area contributed by atoms with Crippen LogP contribution in [0.3, 0.4) is 0 Å². The quantitative estimate of drug-likeness (QED) is 0.300. The Kier molecular flexibility index (Phi) is 6.18. The molecule has 32 heavy (non-hydrogen) atoms. The van der Waals surface area contributed by atoms with Crippen molar-refractivity contribution in [3.05, 3.63) is 80.6 Å². The Morgan fingerprint density at radius 1 is 1.06 bits per heavy atom. The van der Waals surface area contributed by atoms with Crippen LogP contribution in [0.5, 0.6) is 0 Å². The molecule has 0 aliphatic heterocycles. The molecule has 0 atom stereocenters. The highest BCUT2D eigenvalue weighted by Crippen LogP contribution is 2.48. The number of fused-ring (bicyclic) bond motifs is 4. The molecule has 5 heteroatoms. The average molecular weight is 465 g/mol. The van der Waals surface area contributed by atoms with E-state index >= 15 is 0 Å². The van der Waals surface area contributed by atoms with Gasteiger partial charge in [0.15, 0.2) is 5.16 Å². The predicted molar refractivity (Wildman–Crippen MR) is 134 cm³/mol. The zero-order valence-electron chi connectivity index (χ0n) is 18.6. The summed E-state index contributed by atoms with van der Waals surface area (Å²) in [4.78, 5) is 19.3. The van der Waals surface area contributed by atoms with E-state index in [1.165, 1.54) is 24.8 Å². The Morgan fingerprint density at radius 2 is 1.81 bits per heavy atom. The number of hydrogen-bond acceptors (Lipinski definition) is 3. The van der Waals surface area contributed by atoms with Crippen LogP contribution in [0.25, 0.3) is 11.3 Å². The minimum Gasteiger partial charge on any atom is -0.287 e. The number of hydrogen-bond donors (Lipinski definition) is 0. The number of thioether (sulfide) groups is 1. The fourth-order valence-corrected chi connectivity index (χ4v) is 6.81. The van der Waals surface area contributed by atoms with E-state index in [0.717, 1.165) is 58.2 Å². The molecule has 1 spiro atoms. The highest BCUT2D eigenvalue weighted by atomic mass is 35.5. The maximum absolute atomic E-state index is 14.1. The molecular weight excluding hydrogens is 436 g/mol. The normalized spacial score (nSPS) is 16.6. The molecule has 2 aliphatic rings. The second-order valence-corrected chi connectivity index (χ2v) is 10.5. The molecule has 0 amide bonds. The Morgan fingerprint density at radius 3 is 2.59 bits per heavy atom. The number of aromatic nitrogens is 2. The van der Waals surface area contributed by atoms with Gasteiger partial charge in [-0.15, -0.1) is 0 Å². The number of rotatable bonds is 5. The fraction of sp³-hybridized carbons (Fsp3) is 0.407. The van der Waals surface area contributed by atoms with Crippen LogP contribution in [-0.4, -0.2) is 9.55 Å². The molecule has 0 unspecified atom stereocenters. The van der Waals surface area contributed by atoms with E-state index < -0.39 is 0 Å². The molecule has 3 nitrogen and oxygen atoms in total. The van der Waals surface area contributed by atoms with Gasteiger partial charge in [0, 0.05) is 28.3 Å². The summed E-state index contributed by atoms with van der Waals surface area (Å²) in [5.41, 5.74) is 5.56. The van der Waals surface area contributed by atoms with Crippen molar-refractivity contribution in [2.75, 3.05) is 0 Å². The van der Waals surface area contributed by atoms with Gasteiger partial charge >= 0.3 is 0 Å². The molecular formula is C27H29ClN2OS. The van der Waals surface area contributed by atoms with Gasteiger partial charge in [0.1, 0.15) is 0 Å². The summed E-state index contributed by atoms with van der Waals surface area (Å²) in [6.07, 6.45) is 7.69. The van der Waals surface area contributed by atoms with Crippen molar-refractivity contribution in [1.29, 1.82) is 0 Å². The van der Waals surface area contributed by atoms with Crippen molar-refractivity contribution < 1.29 is 0 Å². The summed E-state index contributed by atoms with van der Waals surface area (Å²) < 4.78 is 1.94. The van der Waals surface area contributed by atoms with Crippen molar-refractivity contribution in [3.63, 3.8) is 0 Å². The molecule has 1 aromatic heterocycles. The van der Waals surface area contributed by atoms with Crippen LogP contribution in [0.4, 0.5) is 0 Å². The lowest BCUT2D eigenvalue weighted by atomic mass is 9.62. The van der Waals surface area contributed by atoms with Gasteiger partial charge in [-0.25, -0.2) is 4.98 Å². The minimum absolute atomic E-state index is 0.0621. The molecule has 0 N–H and O–H groups in total. The van der Waals surface area contributed by atoms with Gasteiger partial charge in [0.2, 0.25) is 0 Å². The van der Waals surface area contributed by atoms with E-state index in [2.05, 4.69) is 31.2 Å². The summed E-state index contributed by atoms with van der Waals surface area (Å²) in [5.74, 6) is 0.696. The lowest BCUT2D eigenvalue weighted by molar-refractivity contribution is 0.282. The van der Waals surface area contributed by atoms with Crippen LogP contribution in [0.15, 0.2) is 58.5 Å². The Labute approximate surface area is 199 Å². The van der Waals surface area contributed by atoms with Crippen molar-refractivity contribution in [3.8, 4) is 11.3 Å². The SMILES string of the molecule is CCCn1c(SCc2ccccc2Cl)nc2c(c1=O)C1(CCCCC1)Cc1ccccc1-2. The lowest BCUT2D eigenvalue weighted by Gasteiger charge is -2.42. The third-order valence-corrected chi connectivity index (χ3v) is 8.43. The first-order valence-electron chi connectivity index (χ1n) is 11.7. The second kappa shape index (κ2) is 9.07. The van der Waals surface area contributed by atoms with Gasteiger partial charge in [-0.2, -0.15) is 0 Å². The van der Waals surface area contributed by atoms with Gasteiger partial charge < -0.3 is 0 Å². The number of halogens is 1. The highest BCUT2D eigenvalue weighted by molar-refractivity contribution is 7.98. The van der Waals surface area contributed by atoms with E-state index in [0.29, 0.717) is 12.3 Å². The van der Waals surface area contributed by atoms with E-state index in [1.807, 2.05) is 28.8 Å². The number of benzene rings is 2. The van der Waals surface area contributed by atoms with Gasteiger partial charge in [0.05, 0.1) is 11.3 Å². The molecule has 3 aromatic rings. The first kappa shape index (κ1) is 21.8. The molecule has 2 aliphatic carbocycles. The molecule has 1 saturated carbocycles. The summed E-state index contributed by atoms with van der Waals surface area (Å²) in [6, 6.07) is 16.5. The number of nitrogens with zero attached hydrogens (tertiary/aromatic N) is 2. The zero-order chi connectivity index (χ0) is 22.1. The van der Waals surface area contributed by atoms with E-state index in [1.54, 1.807) is 11.8 Å². The molecule has 1 fully saturated rings. The summed E-state index contributed by atoms with van der Waals surface area (Å²) in [5, 5.41) is 1.56. The summed E-state index contributed by atoms with van der Waals surface area (Å²) >= 11 is 8.02. The standard InChI is InChI=1S/C27H29ClN2OS/c1-2-16-30-25(31)23-24(29-26(30)32-18-20-11-5-7-13-22(20)28)21-12-6-4-10-19(21)17-27(23)14-8-3-9-15-27/h4-7,10-13H,2-3,8-9,14-18H2,1H3. The van der Waals surface area contributed by atoms with Gasteiger partial charge in [0.25, 0.3) is 5.56 Å². The van der Waals surface area contributed by atoms with Crippen LogP contribution in [0.2, 0.25) is 5.02 Å². The van der Waals surface area contributed by atoms with Crippen LogP contribution in [-0.2, 0) is 24.1 Å². The Bertz CT molecular complexity index is 1200. The van der Waals surface area contributed by atoms with Crippen LogP contribution >= 0.6 is 23.4 Å². The Hall–Kier alpha value is -2.04. The maximum atomic E-state index is 14.1. The van der Waals surface area contributed by atoms with E-state index in [9.17, 15) is 4.79 Å². The first-order valence-corrected chi connectivity index (χ1v) is 13.1. The van der Waals surface area contributed by atoms with Crippen molar-refractivity contribution in [2.24, 2.45) is 0 Å². The molecule has 0 radical (unpaired) electrons. The van der Waals surface area contributed by atoms with Crippen LogP contribution in [0, 0.1) is 0 Å². The van der Waals surface area contributed by atoms with Gasteiger partial charge in [-0.05, 0) is 42.9 Å². The topological polar surface area (TPSA) is 34.9 Å². The van der Waals surface area contributed by atoms with Crippen molar-refractivity contribution >= 4 is 23.4 Å². The van der Waals surface area contributed by atoms with Crippen LogP contribution < -0.4 is 5.56 Å². The summed E-state index contributed by atoms with van der Waals surface area (Å²) in [7, 11) is 0. The molecule has 5 rings (SSSR count). The fourth-order valence-electron chi connectivity index (χ4n) is 5.51. The first-order chi connectivity index (χ1) is 15.6. The monoisotopic (exact) mass is 464 g/mol. The second-order valence-electron chi connectivity index (χ2n) is 9.13. The minimum atomic E-state index is -0.0621. The molecule has 166 valence electrons. The predicted octanol–water partition coefficient (Wildman–Crippen LogP) is 7.02. The average Bonchev–Trinajstić information content (AvgIpc) is 2.81. The molecule has 1 heterocycles. The van der Waals surface area contributed by atoms with Gasteiger partial charge in [-0.1, -0.05) is 92.0 Å². The van der Waals surface area contributed by atoms with E-state index in [4.69, 9.17) is 16.6 Å². The zero-order valence-corrected chi connectivity index (χ0v) is 20.1. The smallest absolute Gasteiger partial charge is 0.258 e. The van der Waals surface area contributed by atoms with Crippen LogP contribution in [0.1, 0.15) is 62.1 Å². The third kappa shape index (κ3) is 3.82. The maximum Gasteiger partial charge on any atom is 0.258 e.